The molecule has 2 heteroatoms. The van der Waals surface area contributed by atoms with E-state index < -0.39 is 0 Å². The van der Waals surface area contributed by atoms with Gasteiger partial charge < -0.3 is 5.32 Å². The molecule has 13 heavy (non-hydrogen) atoms. The van der Waals surface area contributed by atoms with Crippen molar-refractivity contribution in [1.82, 2.24) is 5.32 Å². The first-order valence-corrected chi connectivity index (χ1v) is 6.49. The Morgan fingerprint density at radius 1 is 1.38 bits per heavy atom. The van der Waals surface area contributed by atoms with Gasteiger partial charge in [-0.05, 0) is 43.9 Å². The summed E-state index contributed by atoms with van der Waals surface area (Å²) in [5.74, 6) is 3.14. The minimum absolute atomic E-state index is 0.572. The molecule has 2 saturated heterocycles. The van der Waals surface area contributed by atoms with Gasteiger partial charge in [0.2, 0.25) is 0 Å². The van der Waals surface area contributed by atoms with Crippen LogP contribution in [0, 0.1) is 11.8 Å². The van der Waals surface area contributed by atoms with E-state index in [1.807, 2.05) is 0 Å². The van der Waals surface area contributed by atoms with Gasteiger partial charge in [-0.1, -0.05) is 13.8 Å². The Hall–Kier alpha value is 0.310. The summed E-state index contributed by atoms with van der Waals surface area (Å²) in [4.78, 5) is 0. The predicted octanol–water partition coefficient (Wildman–Crippen LogP) is 2.52. The Balaban J connectivity index is 2.13. The summed E-state index contributed by atoms with van der Waals surface area (Å²) in [7, 11) is 0. The molecule has 0 aliphatic carbocycles. The SMILES string of the molecule is CC1CNC(C)C1C1(C)CCCS1. The van der Waals surface area contributed by atoms with Crippen LogP contribution in [0.25, 0.3) is 0 Å². The molecule has 0 amide bonds. The third kappa shape index (κ3) is 1.63. The highest BCUT2D eigenvalue weighted by atomic mass is 32.2. The second-order valence-electron chi connectivity index (χ2n) is 4.96. The quantitative estimate of drug-likeness (QED) is 0.696. The van der Waals surface area contributed by atoms with Crippen molar-refractivity contribution in [2.45, 2.75) is 44.4 Å². The van der Waals surface area contributed by atoms with Crippen LogP contribution in [0.1, 0.15) is 33.6 Å². The zero-order chi connectivity index (χ0) is 9.47. The van der Waals surface area contributed by atoms with E-state index in [0.29, 0.717) is 4.75 Å². The van der Waals surface area contributed by atoms with Crippen LogP contribution in [0.2, 0.25) is 0 Å². The smallest absolute Gasteiger partial charge is 0.0178 e. The predicted molar refractivity (Wildman–Crippen MR) is 60.2 cm³/mol. The molecular formula is C11H21NS. The minimum atomic E-state index is 0.572. The molecule has 0 spiro atoms. The largest absolute Gasteiger partial charge is 0.314 e. The standard InChI is InChI=1S/C11H21NS/c1-8-7-12-9(2)10(8)11(3)5-4-6-13-11/h8-10,12H,4-7H2,1-3H3. The molecule has 1 N–H and O–H groups in total. The van der Waals surface area contributed by atoms with Gasteiger partial charge in [0.25, 0.3) is 0 Å². The van der Waals surface area contributed by atoms with Gasteiger partial charge in [-0.15, -0.1) is 0 Å². The lowest BCUT2D eigenvalue weighted by molar-refractivity contribution is 0.303. The topological polar surface area (TPSA) is 12.0 Å². The van der Waals surface area contributed by atoms with E-state index in [9.17, 15) is 0 Å². The highest BCUT2D eigenvalue weighted by molar-refractivity contribution is 8.00. The maximum absolute atomic E-state index is 3.61. The van der Waals surface area contributed by atoms with Crippen molar-refractivity contribution in [2.75, 3.05) is 12.3 Å². The fraction of sp³-hybridized carbons (Fsp3) is 1.00. The average molecular weight is 199 g/mol. The normalized spacial score (nSPS) is 51.5. The van der Waals surface area contributed by atoms with Crippen molar-refractivity contribution in [3.63, 3.8) is 0 Å². The van der Waals surface area contributed by atoms with E-state index in [0.717, 1.165) is 17.9 Å². The summed E-state index contributed by atoms with van der Waals surface area (Å²) in [6.45, 7) is 8.47. The molecule has 0 aromatic heterocycles. The lowest BCUT2D eigenvalue weighted by atomic mass is 9.79. The Bertz CT molecular complexity index is 177. The summed E-state index contributed by atoms with van der Waals surface area (Å²) >= 11 is 2.21. The molecule has 2 heterocycles. The monoisotopic (exact) mass is 199 g/mol. The van der Waals surface area contributed by atoms with Crippen LogP contribution in [-0.4, -0.2) is 23.1 Å². The maximum atomic E-state index is 3.61. The molecule has 2 aliphatic heterocycles. The number of hydrogen-bond donors (Lipinski definition) is 1. The molecule has 0 saturated carbocycles. The third-order valence-corrected chi connectivity index (χ3v) is 5.50. The Morgan fingerprint density at radius 3 is 2.62 bits per heavy atom. The van der Waals surface area contributed by atoms with Gasteiger partial charge in [-0.2, -0.15) is 11.8 Å². The molecule has 1 nitrogen and oxygen atoms in total. The molecule has 4 unspecified atom stereocenters. The van der Waals surface area contributed by atoms with Crippen molar-refractivity contribution in [1.29, 1.82) is 0 Å². The molecule has 2 rings (SSSR count). The first kappa shape index (κ1) is 9.85. The van der Waals surface area contributed by atoms with Gasteiger partial charge in [0.1, 0.15) is 0 Å². The second-order valence-corrected chi connectivity index (χ2v) is 6.59. The molecule has 2 fully saturated rings. The average Bonchev–Trinajstić information content (AvgIpc) is 2.60. The molecule has 0 radical (unpaired) electrons. The lowest BCUT2D eigenvalue weighted by Gasteiger charge is -2.35. The van der Waals surface area contributed by atoms with Gasteiger partial charge in [0, 0.05) is 10.8 Å². The zero-order valence-electron chi connectivity index (χ0n) is 8.97. The van der Waals surface area contributed by atoms with E-state index in [4.69, 9.17) is 0 Å². The van der Waals surface area contributed by atoms with Gasteiger partial charge in [-0.25, -0.2) is 0 Å². The Kier molecular flexibility index (Phi) is 2.63. The third-order valence-electron chi connectivity index (χ3n) is 3.87. The van der Waals surface area contributed by atoms with Crippen LogP contribution < -0.4 is 5.32 Å². The molecule has 0 aromatic rings. The lowest BCUT2D eigenvalue weighted by Crippen LogP contribution is -2.38. The summed E-state index contributed by atoms with van der Waals surface area (Å²) < 4.78 is 0.572. The fourth-order valence-corrected chi connectivity index (χ4v) is 4.99. The van der Waals surface area contributed by atoms with Crippen LogP contribution in [0.15, 0.2) is 0 Å². The van der Waals surface area contributed by atoms with E-state index in [1.165, 1.54) is 25.1 Å². The number of nitrogens with one attached hydrogen (secondary N) is 1. The molecule has 76 valence electrons. The van der Waals surface area contributed by atoms with Crippen LogP contribution in [0.4, 0.5) is 0 Å². The molecular weight excluding hydrogens is 178 g/mol. The van der Waals surface area contributed by atoms with E-state index in [2.05, 4.69) is 37.8 Å². The zero-order valence-corrected chi connectivity index (χ0v) is 9.79. The maximum Gasteiger partial charge on any atom is 0.0178 e. The van der Waals surface area contributed by atoms with E-state index in [1.54, 1.807) is 0 Å². The van der Waals surface area contributed by atoms with E-state index >= 15 is 0 Å². The number of thioether (sulfide) groups is 1. The van der Waals surface area contributed by atoms with Crippen LogP contribution in [0.5, 0.6) is 0 Å². The molecule has 4 atom stereocenters. The van der Waals surface area contributed by atoms with Crippen molar-refractivity contribution in [2.24, 2.45) is 11.8 Å². The number of hydrogen-bond acceptors (Lipinski definition) is 2. The highest BCUT2D eigenvalue weighted by Crippen LogP contribution is 2.48. The molecule has 0 aromatic carbocycles. The van der Waals surface area contributed by atoms with Gasteiger partial charge in [0.15, 0.2) is 0 Å². The minimum Gasteiger partial charge on any atom is -0.314 e. The Morgan fingerprint density at radius 2 is 2.15 bits per heavy atom. The second kappa shape index (κ2) is 3.47. The van der Waals surface area contributed by atoms with Gasteiger partial charge in [-0.3, -0.25) is 0 Å². The van der Waals surface area contributed by atoms with Crippen molar-refractivity contribution in [3.8, 4) is 0 Å². The summed E-state index contributed by atoms with van der Waals surface area (Å²) in [5.41, 5.74) is 0. The highest BCUT2D eigenvalue weighted by Gasteiger charge is 2.45. The number of rotatable bonds is 1. The molecule has 0 bridgehead atoms. The molecule has 2 aliphatic rings. The summed E-state index contributed by atoms with van der Waals surface area (Å²) in [5, 5.41) is 3.61. The van der Waals surface area contributed by atoms with Crippen molar-refractivity contribution in [3.05, 3.63) is 0 Å². The Labute approximate surface area is 86.0 Å². The van der Waals surface area contributed by atoms with Gasteiger partial charge in [0.05, 0.1) is 0 Å². The summed E-state index contributed by atoms with van der Waals surface area (Å²) in [6, 6.07) is 0.727. The van der Waals surface area contributed by atoms with Crippen molar-refractivity contribution >= 4 is 11.8 Å². The first-order chi connectivity index (χ1) is 6.13. The van der Waals surface area contributed by atoms with Crippen molar-refractivity contribution < 1.29 is 0 Å². The first-order valence-electron chi connectivity index (χ1n) is 5.51. The van der Waals surface area contributed by atoms with Crippen LogP contribution in [-0.2, 0) is 0 Å². The van der Waals surface area contributed by atoms with Crippen LogP contribution >= 0.6 is 11.8 Å². The summed E-state index contributed by atoms with van der Waals surface area (Å²) in [6.07, 6.45) is 2.86. The van der Waals surface area contributed by atoms with Crippen LogP contribution in [0.3, 0.4) is 0 Å². The van der Waals surface area contributed by atoms with E-state index in [-0.39, 0.29) is 0 Å². The van der Waals surface area contributed by atoms with Gasteiger partial charge >= 0.3 is 0 Å². The fourth-order valence-electron chi connectivity index (χ4n) is 3.31.